The second-order valence-corrected chi connectivity index (χ2v) is 6.48. The minimum atomic E-state index is -0.243. The zero-order chi connectivity index (χ0) is 18.0. The van der Waals surface area contributed by atoms with Gasteiger partial charge in [-0.25, -0.2) is 4.98 Å². The molecule has 0 saturated heterocycles. The van der Waals surface area contributed by atoms with Crippen LogP contribution in [0.25, 0.3) is 10.9 Å². The summed E-state index contributed by atoms with van der Waals surface area (Å²) in [5.41, 5.74) is 3.12. The van der Waals surface area contributed by atoms with Gasteiger partial charge < -0.3 is 10.6 Å². The summed E-state index contributed by atoms with van der Waals surface area (Å²) in [5, 5.41) is 7.86. The van der Waals surface area contributed by atoms with E-state index in [1.54, 1.807) is 18.2 Å². The van der Waals surface area contributed by atoms with Crippen LogP contribution in [0.2, 0.25) is 10.0 Å². The Morgan fingerprint density at radius 1 is 1.08 bits per heavy atom. The highest BCUT2D eigenvalue weighted by Gasteiger charge is 2.10. The number of halogens is 2. The number of amides is 1. The third kappa shape index (κ3) is 3.86. The van der Waals surface area contributed by atoms with Gasteiger partial charge in [-0.05, 0) is 61.9 Å². The second-order valence-electron chi connectivity index (χ2n) is 5.67. The summed E-state index contributed by atoms with van der Waals surface area (Å²) in [5.74, 6) is 0.605. The Kier molecular flexibility index (Phi) is 5.11. The van der Waals surface area contributed by atoms with Gasteiger partial charge in [0.2, 0.25) is 0 Å². The van der Waals surface area contributed by atoms with Crippen molar-refractivity contribution in [1.29, 1.82) is 0 Å². The predicted molar refractivity (Wildman–Crippen MR) is 105 cm³/mol. The summed E-state index contributed by atoms with van der Waals surface area (Å²) in [7, 11) is 0. The number of benzene rings is 2. The van der Waals surface area contributed by atoms with Gasteiger partial charge in [0.15, 0.2) is 0 Å². The highest BCUT2D eigenvalue weighted by Crippen LogP contribution is 2.25. The average Bonchev–Trinajstić information content (AvgIpc) is 2.58. The average molecular weight is 374 g/mol. The number of nitrogens with one attached hydrogen (secondary N) is 2. The first kappa shape index (κ1) is 17.5. The molecule has 2 aromatic carbocycles. The first-order valence-electron chi connectivity index (χ1n) is 7.89. The lowest BCUT2D eigenvalue weighted by Crippen LogP contribution is -2.11. The first-order chi connectivity index (χ1) is 12.0. The molecule has 0 aliphatic carbocycles. The number of nitrogens with zero attached hydrogens (tertiary/aromatic N) is 1. The fourth-order valence-electron chi connectivity index (χ4n) is 2.58. The maximum absolute atomic E-state index is 12.4. The molecule has 4 nitrogen and oxygen atoms in total. The quantitative estimate of drug-likeness (QED) is 0.631. The molecule has 0 fully saturated rings. The van der Waals surface area contributed by atoms with Crippen LogP contribution >= 0.6 is 23.2 Å². The minimum absolute atomic E-state index is 0.243. The largest absolute Gasteiger partial charge is 0.370 e. The van der Waals surface area contributed by atoms with Crippen LogP contribution in [-0.4, -0.2) is 17.4 Å². The zero-order valence-corrected chi connectivity index (χ0v) is 15.4. The van der Waals surface area contributed by atoms with E-state index in [1.807, 2.05) is 38.1 Å². The number of aromatic nitrogens is 1. The molecule has 0 aliphatic heterocycles. The summed E-state index contributed by atoms with van der Waals surface area (Å²) in [6, 6.07) is 12.4. The molecule has 0 bridgehead atoms. The molecule has 3 aromatic rings. The Morgan fingerprint density at radius 3 is 2.60 bits per heavy atom. The molecule has 1 heterocycles. The third-order valence-electron chi connectivity index (χ3n) is 3.81. The van der Waals surface area contributed by atoms with Crippen molar-refractivity contribution in [3.63, 3.8) is 0 Å². The SMILES string of the molecule is CCNc1cc(C)c2cc(NC(=O)c3ccc(Cl)c(Cl)c3)ccc2n1. The molecule has 0 spiro atoms. The van der Waals surface area contributed by atoms with Crippen LogP contribution in [0.4, 0.5) is 11.5 Å². The van der Waals surface area contributed by atoms with Crippen molar-refractivity contribution in [2.45, 2.75) is 13.8 Å². The smallest absolute Gasteiger partial charge is 0.255 e. The molecule has 0 unspecified atom stereocenters. The van der Waals surface area contributed by atoms with Crippen molar-refractivity contribution >= 4 is 51.5 Å². The summed E-state index contributed by atoms with van der Waals surface area (Å²) in [6.07, 6.45) is 0. The lowest BCUT2D eigenvalue weighted by molar-refractivity contribution is 0.102. The number of carbonyl (C=O) groups excluding carboxylic acids is 1. The van der Waals surface area contributed by atoms with Crippen LogP contribution in [0.3, 0.4) is 0 Å². The van der Waals surface area contributed by atoms with Gasteiger partial charge in [-0.1, -0.05) is 23.2 Å². The van der Waals surface area contributed by atoms with Crippen LogP contribution in [0, 0.1) is 6.92 Å². The molecular weight excluding hydrogens is 357 g/mol. The fraction of sp³-hybridized carbons (Fsp3) is 0.158. The van der Waals surface area contributed by atoms with E-state index in [2.05, 4.69) is 15.6 Å². The van der Waals surface area contributed by atoms with Gasteiger partial charge >= 0.3 is 0 Å². The number of anilines is 2. The van der Waals surface area contributed by atoms with Gasteiger partial charge in [0.25, 0.3) is 5.91 Å². The van der Waals surface area contributed by atoms with E-state index >= 15 is 0 Å². The van der Waals surface area contributed by atoms with Crippen LogP contribution in [-0.2, 0) is 0 Å². The minimum Gasteiger partial charge on any atom is -0.370 e. The molecule has 2 N–H and O–H groups in total. The van der Waals surface area contributed by atoms with Gasteiger partial charge in [-0.2, -0.15) is 0 Å². The summed E-state index contributed by atoms with van der Waals surface area (Å²) in [4.78, 5) is 17.0. The third-order valence-corrected chi connectivity index (χ3v) is 4.55. The van der Waals surface area contributed by atoms with E-state index in [9.17, 15) is 4.79 Å². The Balaban J connectivity index is 1.88. The summed E-state index contributed by atoms with van der Waals surface area (Å²) in [6.45, 7) is 4.87. The Labute approximate surface area is 156 Å². The molecule has 3 rings (SSSR count). The van der Waals surface area contributed by atoms with Crippen LogP contribution < -0.4 is 10.6 Å². The normalized spacial score (nSPS) is 10.7. The Morgan fingerprint density at radius 2 is 1.88 bits per heavy atom. The molecule has 0 radical (unpaired) electrons. The van der Waals surface area contributed by atoms with E-state index in [0.717, 1.165) is 28.8 Å². The van der Waals surface area contributed by atoms with Crippen molar-refractivity contribution in [2.75, 3.05) is 17.2 Å². The van der Waals surface area contributed by atoms with Crippen molar-refractivity contribution in [3.8, 4) is 0 Å². The highest BCUT2D eigenvalue weighted by molar-refractivity contribution is 6.42. The molecule has 128 valence electrons. The summed E-state index contributed by atoms with van der Waals surface area (Å²) >= 11 is 11.9. The van der Waals surface area contributed by atoms with Crippen molar-refractivity contribution in [2.24, 2.45) is 0 Å². The van der Waals surface area contributed by atoms with Crippen LogP contribution in [0.5, 0.6) is 0 Å². The van der Waals surface area contributed by atoms with Gasteiger partial charge in [0.05, 0.1) is 15.6 Å². The van der Waals surface area contributed by atoms with Gasteiger partial charge in [-0.15, -0.1) is 0 Å². The highest BCUT2D eigenvalue weighted by atomic mass is 35.5. The zero-order valence-electron chi connectivity index (χ0n) is 13.9. The number of fused-ring (bicyclic) bond motifs is 1. The van der Waals surface area contributed by atoms with Crippen LogP contribution in [0.1, 0.15) is 22.8 Å². The molecule has 25 heavy (non-hydrogen) atoms. The van der Waals surface area contributed by atoms with E-state index in [-0.39, 0.29) is 5.91 Å². The van der Waals surface area contributed by atoms with Crippen molar-refractivity contribution in [3.05, 3.63) is 63.6 Å². The second kappa shape index (κ2) is 7.30. The van der Waals surface area contributed by atoms with E-state index in [4.69, 9.17) is 23.2 Å². The Bertz CT molecular complexity index is 957. The molecular formula is C19H17Cl2N3O. The predicted octanol–water partition coefficient (Wildman–Crippen LogP) is 5.53. The maximum Gasteiger partial charge on any atom is 0.255 e. The fourth-order valence-corrected chi connectivity index (χ4v) is 2.88. The number of pyridine rings is 1. The molecule has 0 aliphatic rings. The molecule has 1 amide bonds. The number of hydrogen-bond acceptors (Lipinski definition) is 3. The summed E-state index contributed by atoms with van der Waals surface area (Å²) < 4.78 is 0. The number of rotatable bonds is 4. The monoisotopic (exact) mass is 373 g/mol. The number of aryl methyl sites for hydroxylation is 1. The topological polar surface area (TPSA) is 54.0 Å². The maximum atomic E-state index is 12.4. The van der Waals surface area contributed by atoms with Gasteiger partial charge in [0.1, 0.15) is 5.82 Å². The molecule has 1 aromatic heterocycles. The van der Waals surface area contributed by atoms with Crippen LogP contribution in [0.15, 0.2) is 42.5 Å². The Hall–Kier alpha value is -2.30. The van der Waals surface area contributed by atoms with Crippen molar-refractivity contribution < 1.29 is 4.79 Å². The van der Waals surface area contributed by atoms with E-state index in [1.165, 1.54) is 0 Å². The molecule has 0 saturated carbocycles. The first-order valence-corrected chi connectivity index (χ1v) is 8.65. The molecule has 6 heteroatoms. The van der Waals surface area contributed by atoms with Gasteiger partial charge in [-0.3, -0.25) is 4.79 Å². The van der Waals surface area contributed by atoms with Crippen molar-refractivity contribution in [1.82, 2.24) is 4.98 Å². The lowest BCUT2D eigenvalue weighted by Gasteiger charge is -2.10. The number of hydrogen-bond donors (Lipinski definition) is 2. The standard InChI is InChI=1S/C19H17Cl2N3O/c1-3-22-18-8-11(2)14-10-13(5-7-17(14)24-18)23-19(25)12-4-6-15(20)16(21)9-12/h4-10H,3H2,1-2H3,(H,22,24)(H,23,25). The number of carbonyl (C=O) groups is 1. The lowest BCUT2D eigenvalue weighted by atomic mass is 10.1. The molecule has 0 atom stereocenters. The van der Waals surface area contributed by atoms with E-state index < -0.39 is 0 Å². The van der Waals surface area contributed by atoms with Gasteiger partial charge in [0, 0.05) is 23.2 Å². The van der Waals surface area contributed by atoms with E-state index in [0.29, 0.717) is 21.3 Å².